The lowest BCUT2D eigenvalue weighted by Gasteiger charge is -2.27. The average Bonchev–Trinajstić information content (AvgIpc) is 2.74. The monoisotopic (exact) mass is 306 g/mol. The van der Waals surface area contributed by atoms with Gasteiger partial charge in [-0.15, -0.1) is 0 Å². The number of fused-ring (bicyclic) bond motifs is 1. The second-order valence-corrected chi connectivity index (χ2v) is 6.31. The number of pyridine rings is 1. The minimum Gasteiger partial charge on any atom is -0.385 e. The molecule has 2 aliphatic heterocycles. The van der Waals surface area contributed by atoms with E-state index in [0.29, 0.717) is 26.3 Å². The Kier molecular flexibility index (Phi) is 5.05. The number of rotatable bonds is 4. The van der Waals surface area contributed by atoms with Gasteiger partial charge in [0.2, 0.25) is 0 Å². The van der Waals surface area contributed by atoms with Crippen molar-refractivity contribution >= 4 is 0 Å². The summed E-state index contributed by atoms with van der Waals surface area (Å²) in [5.74, 6) is 0. The maximum absolute atomic E-state index is 10.6. The van der Waals surface area contributed by atoms with Crippen molar-refractivity contribution in [2.45, 2.75) is 32.0 Å². The lowest BCUT2D eigenvalue weighted by atomic mass is 9.95. The summed E-state index contributed by atoms with van der Waals surface area (Å²) in [6.45, 7) is 7.63. The Hall–Kier alpha value is -1.05. The Labute approximate surface area is 131 Å². The molecule has 6 nitrogen and oxygen atoms in total. The summed E-state index contributed by atoms with van der Waals surface area (Å²) >= 11 is 0. The van der Waals surface area contributed by atoms with Crippen LogP contribution < -0.4 is 16.0 Å². The van der Waals surface area contributed by atoms with Crippen LogP contribution >= 0.6 is 0 Å². The molecule has 1 atom stereocenters. The molecule has 4 N–H and O–H groups in total. The first-order valence-electron chi connectivity index (χ1n) is 8.06. The molecule has 22 heavy (non-hydrogen) atoms. The molecule has 1 fully saturated rings. The standard InChI is InChI=1S/C16H26N4O2/c1-12-15(14-2-3-17-6-13(14)7-20-12)8-19-10-16(21)9-18-4-5-22-11-16/h7,17-19,21H,2-6,8-11H2,1H3/t16-/m1/s1. The number of aryl methyl sites for hydroxylation is 1. The molecule has 1 saturated heterocycles. The summed E-state index contributed by atoms with van der Waals surface area (Å²) in [7, 11) is 0. The van der Waals surface area contributed by atoms with Crippen molar-refractivity contribution < 1.29 is 9.84 Å². The second-order valence-electron chi connectivity index (χ2n) is 6.31. The van der Waals surface area contributed by atoms with Gasteiger partial charge in [0.15, 0.2) is 0 Å². The first-order valence-corrected chi connectivity index (χ1v) is 8.06. The molecule has 0 unspecified atom stereocenters. The van der Waals surface area contributed by atoms with Crippen molar-refractivity contribution in [1.82, 2.24) is 20.9 Å². The highest BCUT2D eigenvalue weighted by molar-refractivity contribution is 5.37. The summed E-state index contributed by atoms with van der Waals surface area (Å²) in [6, 6.07) is 0. The molecular weight excluding hydrogens is 280 g/mol. The molecule has 0 aliphatic carbocycles. The highest BCUT2D eigenvalue weighted by Crippen LogP contribution is 2.20. The van der Waals surface area contributed by atoms with Gasteiger partial charge in [-0.25, -0.2) is 0 Å². The van der Waals surface area contributed by atoms with Crippen LogP contribution in [0.1, 0.15) is 22.4 Å². The Morgan fingerprint density at radius 3 is 3.23 bits per heavy atom. The van der Waals surface area contributed by atoms with E-state index in [9.17, 15) is 5.11 Å². The summed E-state index contributed by atoms with van der Waals surface area (Å²) in [6.07, 6.45) is 3.03. The van der Waals surface area contributed by atoms with Crippen LogP contribution in [0.2, 0.25) is 0 Å². The number of nitrogens with zero attached hydrogens (tertiary/aromatic N) is 1. The van der Waals surface area contributed by atoms with Crippen LogP contribution in [-0.4, -0.2) is 55.1 Å². The maximum atomic E-state index is 10.6. The number of aromatic nitrogens is 1. The van der Waals surface area contributed by atoms with Crippen molar-refractivity contribution in [3.8, 4) is 0 Å². The van der Waals surface area contributed by atoms with Crippen LogP contribution in [0.15, 0.2) is 6.20 Å². The van der Waals surface area contributed by atoms with Gasteiger partial charge in [0.25, 0.3) is 0 Å². The van der Waals surface area contributed by atoms with Crippen molar-refractivity contribution in [2.75, 3.05) is 39.4 Å². The molecule has 122 valence electrons. The Balaban J connectivity index is 1.64. The zero-order valence-electron chi connectivity index (χ0n) is 13.2. The van der Waals surface area contributed by atoms with Gasteiger partial charge in [-0.05, 0) is 36.6 Å². The zero-order valence-corrected chi connectivity index (χ0v) is 13.2. The molecule has 3 heterocycles. The van der Waals surface area contributed by atoms with Crippen LogP contribution in [0.3, 0.4) is 0 Å². The molecule has 3 rings (SSSR count). The molecule has 0 radical (unpaired) electrons. The smallest absolute Gasteiger partial charge is 0.113 e. The minimum absolute atomic E-state index is 0.376. The van der Waals surface area contributed by atoms with Crippen LogP contribution in [0, 0.1) is 6.92 Å². The van der Waals surface area contributed by atoms with Crippen LogP contribution in [0.5, 0.6) is 0 Å². The summed E-state index contributed by atoms with van der Waals surface area (Å²) < 4.78 is 5.45. The third-order valence-corrected chi connectivity index (χ3v) is 4.47. The number of hydrogen-bond donors (Lipinski definition) is 4. The molecule has 0 spiro atoms. The molecule has 0 aromatic carbocycles. The molecule has 0 saturated carbocycles. The fraction of sp³-hybridized carbons (Fsp3) is 0.688. The van der Waals surface area contributed by atoms with E-state index >= 15 is 0 Å². The fourth-order valence-electron chi connectivity index (χ4n) is 3.19. The van der Waals surface area contributed by atoms with Gasteiger partial charge >= 0.3 is 0 Å². The van der Waals surface area contributed by atoms with Gasteiger partial charge in [-0.3, -0.25) is 4.98 Å². The summed E-state index contributed by atoms with van der Waals surface area (Å²) in [4.78, 5) is 4.51. The lowest BCUT2D eigenvalue weighted by Crippen LogP contribution is -2.50. The molecule has 1 aromatic rings. The van der Waals surface area contributed by atoms with Gasteiger partial charge in [-0.2, -0.15) is 0 Å². The van der Waals surface area contributed by atoms with E-state index in [1.165, 1.54) is 16.7 Å². The molecule has 0 bridgehead atoms. The molecule has 1 aromatic heterocycles. The Morgan fingerprint density at radius 1 is 1.41 bits per heavy atom. The topological polar surface area (TPSA) is 78.4 Å². The molecule has 2 aliphatic rings. The van der Waals surface area contributed by atoms with E-state index in [-0.39, 0.29) is 0 Å². The predicted molar refractivity (Wildman–Crippen MR) is 84.7 cm³/mol. The summed E-state index contributed by atoms with van der Waals surface area (Å²) in [5, 5.41) is 20.6. The Bertz CT molecular complexity index is 513. The van der Waals surface area contributed by atoms with Crippen molar-refractivity contribution in [3.05, 3.63) is 28.6 Å². The quantitative estimate of drug-likeness (QED) is 0.599. The highest BCUT2D eigenvalue weighted by atomic mass is 16.5. The normalized spacial score (nSPS) is 25.5. The first kappa shape index (κ1) is 15.8. The number of hydrogen-bond acceptors (Lipinski definition) is 6. The fourth-order valence-corrected chi connectivity index (χ4v) is 3.19. The first-order chi connectivity index (χ1) is 10.7. The van der Waals surface area contributed by atoms with Gasteiger partial charge in [0.05, 0.1) is 13.2 Å². The van der Waals surface area contributed by atoms with Gasteiger partial charge in [0, 0.05) is 44.6 Å². The van der Waals surface area contributed by atoms with E-state index in [4.69, 9.17) is 4.74 Å². The average molecular weight is 306 g/mol. The van der Waals surface area contributed by atoms with Crippen LogP contribution in [0.4, 0.5) is 0 Å². The number of nitrogens with one attached hydrogen (secondary N) is 3. The lowest BCUT2D eigenvalue weighted by molar-refractivity contribution is -0.0264. The van der Waals surface area contributed by atoms with Crippen molar-refractivity contribution in [2.24, 2.45) is 0 Å². The van der Waals surface area contributed by atoms with E-state index in [1.807, 2.05) is 6.20 Å². The van der Waals surface area contributed by atoms with Crippen LogP contribution in [0.25, 0.3) is 0 Å². The minimum atomic E-state index is -0.839. The summed E-state index contributed by atoms with van der Waals surface area (Å²) in [5.41, 5.74) is 4.24. The number of aliphatic hydroxyl groups is 1. The molecular formula is C16H26N4O2. The highest BCUT2D eigenvalue weighted by Gasteiger charge is 2.28. The van der Waals surface area contributed by atoms with Crippen molar-refractivity contribution in [1.29, 1.82) is 0 Å². The van der Waals surface area contributed by atoms with Crippen LogP contribution in [-0.2, 0) is 24.2 Å². The third kappa shape index (κ3) is 3.64. The van der Waals surface area contributed by atoms with Gasteiger partial charge in [0.1, 0.15) is 5.60 Å². The SMILES string of the molecule is Cc1ncc2c(c1CNC[C@]1(O)CNCCOC1)CCNC2. The number of β-amino-alcohol motifs (C(OH)–C–C–N with tert-alkyl or cyclic N) is 1. The van der Waals surface area contributed by atoms with Crippen molar-refractivity contribution in [3.63, 3.8) is 0 Å². The molecule has 0 amide bonds. The Morgan fingerprint density at radius 2 is 2.32 bits per heavy atom. The van der Waals surface area contributed by atoms with E-state index in [0.717, 1.165) is 38.3 Å². The van der Waals surface area contributed by atoms with E-state index in [2.05, 4.69) is 27.9 Å². The largest absolute Gasteiger partial charge is 0.385 e. The predicted octanol–water partition coefficient (Wildman–Crippen LogP) is -0.524. The van der Waals surface area contributed by atoms with E-state index in [1.54, 1.807) is 0 Å². The zero-order chi connectivity index (χ0) is 15.4. The maximum Gasteiger partial charge on any atom is 0.113 e. The van der Waals surface area contributed by atoms with Gasteiger partial charge < -0.3 is 25.8 Å². The molecule has 6 heteroatoms. The van der Waals surface area contributed by atoms with E-state index < -0.39 is 5.60 Å². The third-order valence-electron chi connectivity index (χ3n) is 4.47. The van der Waals surface area contributed by atoms with Gasteiger partial charge in [-0.1, -0.05) is 0 Å². The number of ether oxygens (including phenoxy) is 1. The second kappa shape index (κ2) is 7.02.